The van der Waals surface area contributed by atoms with Gasteiger partial charge in [0.05, 0.1) is 6.10 Å². The molecule has 0 aromatic rings. The third-order valence-corrected chi connectivity index (χ3v) is 5.36. The fourth-order valence-electron chi connectivity index (χ4n) is 3.56. The summed E-state index contributed by atoms with van der Waals surface area (Å²) in [6.45, 7) is 7.88. The lowest BCUT2D eigenvalue weighted by atomic mass is 10.0. The number of hydrogen-bond donors (Lipinski definition) is 0. The highest BCUT2D eigenvalue weighted by Crippen LogP contribution is 2.16. The second kappa shape index (κ2) is 22.0. The van der Waals surface area contributed by atoms with Crippen molar-refractivity contribution in [1.29, 1.82) is 0 Å². The zero-order valence-corrected chi connectivity index (χ0v) is 18.1. The van der Waals surface area contributed by atoms with Gasteiger partial charge in [-0.05, 0) is 19.3 Å². The Kier molecular flexibility index (Phi) is 22.0. The van der Waals surface area contributed by atoms with Gasteiger partial charge in [-0.3, -0.25) is 0 Å². The zero-order valence-electron chi connectivity index (χ0n) is 18.1. The molecule has 0 spiro atoms. The van der Waals surface area contributed by atoms with Gasteiger partial charge in [-0.15, -0.1) is 0 Å². The molecule has 1 unspecified atom stereocenters. The molecule has 0 aromatic heterocycles. The van der Waals surface area contributed by atoms with Crippen LogP contribution in [0.25, 0.3) is 0 Å². The van der Waals surface area contributed by atoms with Crippen molar-refractivity contribution in [3.63, 3.8) is 0 Å². The second-order valence-electron chi connectivity index (χ2n) is 8.02. The number of hydrogen-bond acceptors (Lipinski definition) is 1. The van der Waals surface area contributed by atoms with Crippen LogP contribution in [0.1, 0.15) is 143 Å². The Morgan fingerprint density at radius 2 is 0.840 bits per heavy atom. The van der Waals surface area contributed by atoms with E-state index in [-0.39, 0.29) is 0 Å². The molecular weight excluding hydrogens is 304 g/mol. The summed E-state index contributed by atoms with van der Waals surface area (Å²) in [6.07, 6.45) is 26.7. The van der Waals surface area contributed by atoms with Crippen LogP contribution in [-0.2, 0) is 4.74 Å². The standard InChI is InChI=1S/C24H50O/c1-4-7-10-12-14-16-18-20-23-25-24(21-9-6-3)22-19-17-15-13-11-8-5-2/h24H,4-23H2,1-3H3. The molecule has 0 aliphatic heterocycles. The Hall–Kier alpha value is -0.0400. The Morgan fingerprint density at radius 3 is 1.36 bits per heavy atom. The van der Waals surface area contributed by atoms with Crippen molar-refractivity contribution < 1.29 is 4.74 Å². The Morgan fingerprint density at radius 1 is 0.440 bits per heavy atom. The number of rotatable bonds is 21. The van der Waals surface area contributed by atoms with Crippen LogP contribution in [0, 0.1) is 0 Å². The van der Waals surface area contributed by atoms with Gasteiger partial charge in [0, 0.05) is 6.61 Å². The van der Waals surface area contributed by atoms with Gasteiger partial charge in [0.25, 0.3) is 0 Å². The monoisotopic (exact) mass is 354 g/mol. The molecule has 0 saturated heterocycles. The molecule has 0 bridgehead atoms. The van der Waals surface area contributed by atoms with E-state index in [4.69, 9.17) is 4.74 Å². The van der Waals surface area contributed by atoms with E-state index in [0.717, 1.165) is 6.61 Å². The summed E-state index contributed by atoms with van der Waals surface area (Å²) in [5.41, 5.74) is 0. The van der Waals surface area contributed by atoms with Crippen LogP contribution in [0.4, 0.5) is 0 Å². The molecule has 0 radical (unpaired) electrons. The van der Waals surface area contributed by atoms with Crippen LogP contribution in [0.15, 0.2) is 0 Å². The summed E-state index contributed by atoms with van der Waals surface area (Å²) in [4.78, 5) is 0. The number of ether oxygens (including phenoxy) is 1. The predicted molar refractivity (Wildman–Crippen MR) is 114 cm³/mol. The van der Waals surface area contributed by atoms with E-state index in [1.165, 1.54) is 122 Å². The van der Waals surface area contributed by atoms with Gasteiger partial charge in [0.2, 0.25) is 0 Å². The molecule has 1 atom stereocenters. The van der Waals surface area contributed by atoms with Gasteiger partial charge in [-0.2, -0.15) is 0 Å². The topological polar surface area (TPSA) is 9.23 Å². The van der Waals surface area contributed by atoms with Crippen LogP contribution in [0.2, 0.25) is 0 Å². The summed E-state index contributed by atoms with van der Waals surface area (Å²) in [6, 6.07) is 0. The highest BCUT2D eigenvalue weighted by Gasteiger charge is 2.08. The molecule has 0 heterocycles. The van der Waals surface area contributed by atoms with Crippen molar-refractivity contribution in [2.24, 2.45) is 0 Å². The lowest BCUT2D eigenvalue weighted by Crippen LogP contribution is -2.14. The lowest BCUT2D eigenvalue weighted by molar-refractivity contribution is 0.0360. The highest BCUT2D eigenvalue weighted by molar-refractivity contribution is 4.60. The van der Waals surface area contributed by atoms with Gasteiger partial charge < -0.3 is 4.74 Å². The maximum Gasteiger partial charge on any atom is 0.0575 e. The van der Waals surface area contributed by atoms with Crippen molar-refractivity contribution in [2.45, 2.75) is 149 Å². The molecule has 0 fully saturated rings. The summed E-state index contributed by atoms with van der Waals surface area (Å²) in [5.74, 6) is 0. The average molecular weight is 355 g/mol. The van der Waals surface area contributed by atoms with Crippen LogP contribution >= 0.6 is 0 Å². The first-order chi connectivity index (χ1) is 12.3. The van der Waals surface area contributed by atoms with Crippen LogP contribution in [0.3, 0.4) is 0 Å². The third kappa shape index (κ3) is 20.1. The molecule has 0 aliphatic rings. The van der Waals surface area contributed by atoms with Crippen molar-refractivity contribution in [3.05, 3.63) is 0 Å². The summed E-state index contributed by atoms with van der Waals surface area (Å²) in [5, 5.41) is 0. The molecular formula is C24H50O. The Bertz CT molecular complexity index is 226. The lowest BCUT2D eigenvalue weighted by Gasteiger charge is -2.18. The SMILES string of the molecule is CCCCCCCCCCOC(CCCC)CCCCCCCCC. The van der Waals surface area contributed by atoms with E-state index in [9.17, 15) is 0 Å². The molecule has 1 heteroatoms. The third-order valence-electron chi connectivity index (χ3n) is 5.36. The average Bonchev–Trinajstić information content (AvgIpc) is 2.63. The molecule has 1 nitrogen and oxygen atoms in total. The second-order valence-corrected chi connectivity index (χ2v) is 8.02. The van der Waals surface area contributed by atoms with Gasteiger partial charge in [-0.1, -0.05) is 124 Å². The van der Waals surface area contributed by atoms with Crippen molar-refractivity contribution in [3.8, 4) is 0 Å². The van der Waals surface area contributed by atoms with E-state index in [2.05, 4.69) is 20.8 Å². The van der Waals surface area contributed by atoms with E-state index in [0.29, 0.717) is 6.10 Å². The summed E-state index contributed by atoms with van der Waals surface area (Å²) >= 11 is 0. The van der Waals surface area contributed by atoms with Crippen molar-refractivity contribution in [2.75, 3.05) is 6.61 Å². The van der Waals surface area contributed by atoms with Gasteiger partial charge >= 0.3 is 0 Å². The first-order valence-electron chi connectivity index (χ1n) is 12.0. The smallest absolute Gasteiger partial charge is 0.0575 e. The Labute approximate surface area is 160 Å². The predicted octanol–water partition coefficient (Wildman–Crippen LogP) is 8.84. The largest absolute Gasteiger partial charge is 0.378 e. The van der Waals surface area contributed by atoms with Crippen LogP contribution in [-0.4, -0.2) is 12.7 Å². The van der Waals surface area contributed by atoms with Crippen molar-refractivity contribution >= 4 is 0 Å². The summed E-state index contributed by atoms with van der Waals surface area (Å²) in [7, 11) is 0. The van der Waals surface area contributed by atoms with Gasteiger partial charge in [-0.25, -0.2) is 0 Å². The molecule has 0 saturated carbocycles. The summed E-state index contributed by atoms with van der Waals surface area (Å²) < 4.78 is 6.23. The van der Waals surface area contributed by atoms with Crippen LogP contribution in [0.5, 0.6) is 0 Å². The minimum atomic E-state index is 0.542. The van der Waals surface area contributed by atoms with E-state index in [1.54, 1.807) is 0 Å². The van der Waals surface area contributed by atoms with Crippen LogP contribution < -0.4 is 0 Å². The number of unbranched alkanes of at least 4 members (excludes halogenated alkanes) is 14. The van der Waals surface area contributed by atoms with Crippen molar-refractivity contribution in [1.82, 2.24) is 0 Å². The van der Waals surface area contributed by atoms with E-state index in [1.807, 2.05) is 0 Å². The molecule has 25 heavy (non-hydrogen) atoms. The first-order valence-corrected chi connectivity index (χ1v) is 12.0. The minimum Gasteiger partial charge on any atom is -0.378 e. The van der Waals surface area contributed by atoms with Gasteiger partial charge in [0.1, 0.15) is 0 Å². The first kappa shape index (κ1) is 25.0. The molecule has 0 N–H and O–H groups in total. The maximum absolute atomic E-state index is 6.23. The molecule has 0 amide bonds. The molecule has 0 aliphatic carbocycles. The minimum absolute atomic E-state index is 0.542. The fourth-order valence-corrected chi connectivity index (χ4v) is 3.56. The molecule has 0 rings (SSSR count). The fraction of sp³-hybridized carbons (Fsp3) is 1.00. The van der Waals surface area contributed by atoms with E-state index < -0.39 is 0 Å². The Balaban J connectivity index is 3.53. The quantitative estimate of drug-likeness (QED) is 0.187. The normalized spacial score (nSPS) is 12.6. The zero-order chi connectivity index (χ0) is 18.4. The van der Waals surface area contributed by atoms with Gasteiger partial charge in [0.15, 0.2) is 0 Å². The highest BCUT2D eigenvalue weighted by atomic mass is 16.5. The molecule has 0 aromatic carbocycles. The maximum atomic E-state index is 6.23. The molecule has 152 valence electrons. The van der Waals surface area contributed by atoms with E-state index >= 15 is 0 Å².